The topological polar surface area (TPSA) is 34.1 Å². The molecule has 0 saturated heterocycles. The summed E-state index contributed by atoms with van der Waals surface area (Å²) in [6.45, 7) is 0. The lowest BCUT2D eigenvalue weighted by molar-refractivity contribution is -0.112. The van der Waals surface area contributed by atoms with Crippen molar-refractivity contribution < 1.29 is 9.59 Å². The maximum Gasteiger partial charge on any atom is 0.194 e. The van der Waals surface area contributed by atoms with Gasteiger partial charge in [-0.3, -0.25) is 9.59 Å². The van der Waals surface area contributed by atoms with Crippen molar-refractivity contribution in [3.05, 3.63) is 179 Å². The van der Waals surface area contributed by atoms with E-state index in [1.165, 1.54) is 0 Å². The first-order valence-corrected chi connectivity index (χ1v) is 12.6. The van der Waals surface area contributed by atoms with Gasteiger partial charge in [0.15, 0.2) is 11.6 Å². The molecule has 0 bridgehead atoms. The average molecular weight is 489 g/mol. The fourth-order valence-corrected chi connectivity index (χ4v) is 4.92. The van der Waals surface area contributed by atoms with Crippen LogP contribution in [0.3, 0.4) is 0 Å². The Balaban J connectivity index is 1.59. The predicted molar refractivity (Wildman–Crippen MR) is 155 cm³/mol. The number of allylic oxidation sites excluding steroid dienone is 10. The SMILES string of the molecule is O=C1C(c2ccccc2)=CC(c2ccccc2)=C/C1=C1\C=C(c2ccccc2)C=C(c2ccccc2)C1=O. The minimum atomic E-state index is -0.155. The Morgan fingerprint density at radius 2 is 0.605 bits per heavy atom. The van der Waals surface area contributed by atoms with Crippen molar-refractivity contribution in [2.24, 2.45) is 0 Å². The second-order valence-electron chi connectivity index (χ2n) is 9.27. The summed E-state index contributed by atoms with van der Waals surface area (Å²) in [5.74, 6) is -0.311. The Hall–Kier alpha value is -5.08. The molecule has 2 nitrogen and oxygen atoms in total. The van der Waals surface area contributed by atoms with Gasteiger partial charge in [0.25, 0.3) is 0 Å². The van der Waals surface area contributed by atoms with Crippen LogP contribution in [0.4, 0.5) is 0 Å². The van der Waals surface area contributed by atoms with Gasteiger partial charge in [0.1, 0.15) is 0 Å². The molecular formula is C36H24O2. The Bertz CT molecular complexity index is 1550. The zero-order valence-electron chi connectivity index (χ0n) is 20.7. The van der Waals surface area contributed by atoms with Crippen molar-refractivity contribution in [2.75, 3.05) is 0 Å². The molecule has 2 heteroatoms. The number of hydrogen-bond donors (Lipinski definition) is 0. The fourth-order valence-electron chi connectivity index (χ4n) is 4.92. The van der Waals surface area contributed by atoms with E-state index in [0.717, 1.165) is 33.4 Å². The van der Waals surface area contributed by atoms with Crippen LogP contribution in [0.5, 0.6) is 0 Å². The van der Waals surface area contributed by atoms with Crippen LogP contribution in [0, 0.1) is 0 Å². The molecule has 0 fully saturated rings. The van der Waals surface area contributed by atoms with Crippen LogP contribution in [0.1, 0.15) is 22.3 Å². The van der Waals surface area contributed by atoms with Crippen LogP contribution in [0.2, 0.25) is 0 Å². The first-order valence-electron chi connectivity index (χ1n) is 12.6. The number of Topliss-reactive ketones (excluding diaryl/α,β-unsaturated/α-hetero) is 2. The van der Waals surface area contributed by atoms with Gasteiger partial charge in [-0.2, -0.15) is 0 Å². The molecule has 0 aromatic heterocycles. The molecule has 0 N–H and O–H groups in total. The lowest BCUT2D eigenvalue weighted by atomic mass is 9.80. The monoisotopic (exact) mass is 488 g/mol. The molecular weight excluding hydrogens is 464 g/mol. The van der Waals surface area contributed by atoms with Crippen molar-refractivity contribution in [1.82, 2.24) is 0 Å². The van der Waals surface area contributed by atoms with E-state index in [-0.39, 0.29) is 11.6 Å². The van der Waals surface area contributed by atoms with Gasteiger partial charge in [-0.15, -0.1) is 0 Å². The van der Waals surface area contributed by atoms with Gasteiger partial charge >= 0.3 is 0 Å². The second-order valence-corrected chi connectivity index (χ2v) is 9.27. The molecule has 0 amide bonds. The van der Waals surface area contributed by atoms with Gasteiger partial charge in [-0.1, -0.05) is 121 Å². The Kier molecular flexibility index (Phi) is 6.21. The van der Waals surface area contributed by atoms with E-state index in [9.17, 15) is 9.59 Å². The van der Waals surface area contributed by atoms with E-state index in [2.05, 4.69) is 0 Å². The van der Waals surface area contributed by atoms with Crippen LogP contribution in [-0.4, -0.2) is 11.6 Å². The normalized spacial score (nSPS) is 17.4. The molecule has 0 atom stereocenters. The van der Waals surface area contributed by atoms with Crippen molar-refractivity contribution in [2.45, 2.75) is 0 Å². The van der Waals surface area contributed by atoms with Crippen molar-refractivity contribution in [3.8, 4) is 0 Å². The molecule has 0 unspecified atom stereocenters. The van der Waals surface area contributed by atoms with Crippen LogP contribution in [0.15, 0.2) is 157 Å². The summed E-state index contributed by atoms with van der Waals surface area (Å²) in [4.78, 5) is 28.1. The van der Waals surface area contributed by atoms with E-state index in [0.29, 0.717) is 22.3 Å². The predicted octanol–water partition coefficient (Wildman–Crippen LogP) is 7.78. The van der Waals surface area contributed by atoms with Gasteiger partial charge in [0.05, 0.1) is 0 Å². The van der Waals surface area contributed by atoms with Gasteiger partial charge < -0.3 is 0 Å². The summed E-state index contributed by atoms with van der Waals surface area (Å²) in [5.41, 5.74) is 7.38. The van der Waals surface area contributed by atoms with Gasteiger partial charge in [-0.05, 0) is 57.7 Å². The molecule has 38 heavy (non-hydrogen) atoms. The minimum absolute atomic E-state index is 0.155. The van der Waals surface area contributed by atoms with E-state index < -0.39 is 0 Å². The number of ketones is 2. The first kappa shape index (κ1) is 23.3. The van der Waals surface area contributed by atoms with Gasteiger partial charge in [0.2, 0.25) is 0 Å². The summed E-state index contributed by atoms with van der Waals surface area (Å²) in [7, 11) is 0. The first-order chi connectivity index (χ1) is 18.7. The number of carbonyl (C=O) groups excluding carboxylic acids is 2. The molecule has 6 rings (SSSR count). The standard InChI is InChI=1S/C36H24O2/c37-35-31(27-17-9-3-10-18-27)21-29(25-13-5-1-6-14-25)23-33(35)34-24-30(26-15-7-2-8-16-26)22-32(36(34)38)28-19-11-4-12-20-28/h1-24H/b34-33-. The van der Waals surface area contributed by atoms with E-state index in [1.54, 1.807) is 0 Å². The highest BCUT2D eigenvalue weighted by Crippen LogP contribution is 2.38. The maximum absolute atomic E-state index is 14.1. The highest BCUT2D eigenvalue weighted by molar-refractivity contribution is 6.40. The van der Waals surface area contributed by atoms with Gasteiger partial charge in [0, 0.05) is 22.3 Å². The molecule has 4 aromatic carbocycles. The van der Waals surface area contributed by atoms with E-state index in [1.807, 2.05) is 146 Å². The Labute approximate surface area is 222 Å². The third kappa shape index (κ3) is 4.44. The quantitative estimate of drug-likeness (QED) is 0.275. The number of hydrogen-bond acceptors (Lipinski definition) is 2. The molecule has 0 heterocycles. The lowest BCUT2D eigenvalue weighted by Crippen LogP contribution is -2.17. The van der Waals surface area contributed by atoms with Crippen molar-refractivity contribution in [3.63, 3.8) is 0 Å². The lowest BCUT2D eigenvalue weighted by Gasteiger charge is -2.22. The van der Waals surface area contributed by atoms with E-state index >= 15 is 0 Å². The van der Waals surface area contributed by atoms with Crippen LogP contribution >= 0.6 is 0 Å². The smallest absolute Gasteiger partial charge is 0.194 e. The molecule has 0 radical (unpaired) electrons. The van der Waals surface area contributed by atoms with Crippen LogP contribution < -0.4 is 0 Å². The Morgan fingerprint density at radius 1 is 0.316 bits per heavy atom. The third-order valence-electron chi connectivity index (χ3n) is 6.85. The summed E-state index contributed by atoms with van der Waals surface area (Å²) in [5, 5.41) is 0. The van der Waals surface area contributed by atoms with Crippen molar-refractivity contribution in [1.29, 1.82) is 0 Å². The highest BCUT2D eigenvalue weighted by Gasteiger charge is 2.30. The maximum atomic E-state index is 14.1. The molecule has 0 aliphatic heterocycles. The third-order valence-corrected chi connectivity index (χ3v) is 6.85. The number of rotatable bonds is 4. The van der Waals surface area contributed by atoms with E-state index in [4.69, 9.17) is 0 Å². The van der Waals surface area contributed by atoms with Crippen molar-refractivity contribution >= 4 is 33.9 Å². The largest absolute Gasteiger partial charge is 0.289 e. The molecule has 0 spiro atoms. The molecule has 180 valence electrons. The molecule has 0 saturated carbocycles. The summed E-state index contributed by atoms with van der Waals surface area (Å²) >= 11 is 0. The number of carbonyl (C=O) groups is 2. The fraction of sp³-hybridized carbons (Fsp3) is 0. The highest BCUT2D eigenvalue weighted by atomic mass is 16.1. The summed E-state index contributed by atoms with van der Waals surface area (Å²) < 4.78 is 0. The Morgan fingerprint density at radius 3 is 0.921 bits per heavy atom. The zero-order valence-corrected chi connectivity index (χ0v) is 20.7. The zero-order chi connectivity index (χ0) is 25.9. The summed E-state index contributed by atoms with van der Waals surface area (Å²) in [6.07, 6.45) is 7.59. The van der Waals surface area contributed by atoms with Gasteiger partial charge in [-0.25, -0.2) is 0 Å². The van der Waals surface area contributed by atoms with Crippen LogP contribution in [0.25, 0.3) is 22.3 Å². The minimum Gasteiger partial charge on any atom is -0.289 e. The molecule has 4 aromatic rings. The molecule has 2 aliphatic rings. The van der Waals surface area contributed by atoms with Crippen LogP contribution in [-0.2, 0) is 9.59 Å². The second kappa shape index (κ2) is 10.1. The molecule has 2 aliphatic carbocycles. The number of benzene rings is 4. The average Bonchev–Trinajstić information content (AvgIpc) is 2.99. The summed E-state index contributed by atoms with van der Waals surface area (Å²) in [6, 6.07) is 39.2.